The van der Waals surface area contributed by atoms with E-state index in [4.69, 9.17) is 0 Å². The highest BCUT2D eigenvalue weighted by atomic mass is 127. The number of ketones is 1. The number of hydrogen-bond donors (Lipinski definition) is 0. The zero-order chi connectivity index (χ0) is 10.4. The molecule has 0 saturated carbocycles. The molecule has 3 rings (SSSR count). The Hall–Kier alpha value is -1.16. The Kier molecular flexibility index (Phi) is 1.92. The SMILES string of the molecule is O=C1c2ccccc2-c2cccc(I)c21. The molecular weight excluding hydrogens is 299 g/mol. The van der Waals surface area contributed by atoms with Gasteiger partial charge in [-0.2, -0.15) is 0 Å². The minimum atomic E-state index is 0.158. The van der Waals surface area contributed by atoms with Gasteiger partial charge in [0.15, 0.2) is 5.78 Å². The molecule has 0 bridgehead atoms. The molecule has 0 unspecified atom stereocenters. The number of carbonyl (C=O) groups is 1. The van der Waals surface area contributed by atoms with Crippen molar-refractivity contribution >= 4 is 28.4 Å². The zero-order valence-electron chi connectivity index (χ0n) is 7.83. The lowest BCUT2D eigenvalue weighted by molar-refractivity contribution is 0.104. The van der Waals surface area contributed by atoms with Crippen LogP contribution in [0.25, 0.3) is 11.1 Å². The molecule has 0 radical (unpaired) electrons. The Morgan fingerprint density at radius 3 is 2.27 bits per heavy atom. The van der Waals surface area contributed by atoms with Crippen LogP contribution in [-0.2, 0) is 0 Å². The molecule has 0 N–H and O–H groups in total. The second-order valence-electron chi connectivity index (χ2n) is 3.54. The van der Waals surface area contributed by atoms with Gasteiger partial charge in [-0.15, -0.1) is 0 Å². The average molecular weight is 306 g/mol. The Morgan fingerprint density at radius 2 is 1.47 bits per heavy atom. The van der Waals surface area contributed by atoms with Gasteiger partial charge in [0.2, 0.25) is 0 Å². The van der Waals surface area contributed by atoms with Gasteiger partial charge in [0.1, 0.15) is 0 Å². The van der Waals surface area contributed by atoms with Crippen LogP contribution >= 0.6 is 22.6 Å². The van der Waals surface area contributed by atoms with Crippen molar-refractivity contribution in [3.8, 4) is 11.1 Å². The van der Waals surface area contributed by atoms with Crippen molar-refractivity contribution in [3.05, 3.63) is 57.2 Å². The van der Waals surface area contributed by atoms with Gasteiger partial charge in [-0.05, 0) is 39.8 Å². The van der Waals surface area contributed by atoms with Crippen LogP contribution in [-0.4, -0.2) is 5.78 Å². The maximum Gasteiger partial charge on any atom is 0.195 e. The van der Waals surface area contributed by atoms with Crippen molar-refractivity contribution in [2.75, 3.05) is 0 Å². The van der Waals surface area contributed by atoms with E-state index in [2.05, 4.69) is 22.6 Å². The third-order valence-electron chi connectivity index (χ3n) is 2.70. The van der Waals surface area contributed by atoms with Crippen LogP contribution in [0.3, 0.4) is 0 Å². The fraction of sp³-hybridized carbons (Fsp3) is 0. The van der Waals surface area contributed by atoms with E-state index in [1.165, 1.54) is 0 Å². The van der Waals surface area contributed by atoms with Crippen molar-refractivity contribution in [3.63, 3.8) is 0 Å². The van der Waals surface area contributed by atoms with Gasteiger partial charge in [0.25, 0.3) is 0 Å². The molecule has 72 valence electrons. The third-order valence-corrected chi connectivity index (χ3v) is 3.60. The summed E-state index contributed by atoms with van der Waals surface area (Å²) in [7, 11) is 0. The molecule has 0 fully saturated rings. The summed E-state index contributed by atoms with van der Waals surface area (Å²) in [6, 6.07) is 13.8. The first-order valence-electron chi connectivity index (χ1n) is 4.71. The van der Waals surface area contributed by atoms with E-state index in [1.54, 1.807) is 0 Å². The monoisotopic (exact) mass is 306 g/mol. The van der Waals surface area contributed by atoms with Crippen LogP contribution in [0.15, 0.2) is 42.5 Å². The fourth-order valence-corrected chi connectivity index (χ4v) is 2.77. The number of carbonyl (C=O) groups excluding carboxylic acids is 1. The molecule has 0 aliphatic heterocycles. The summed E-state index contributed by atoms with van der Waals surface area (Å²) in [6.45, 7) is 0. The van der Waals surface area contributed by atoms with Gasteiger partial charge in [-0.25, -0.2) is 0 Å². The molecule has 2 heteroatoms. The van der Waals surface area contributed by atoms with Gasteiger partial charge in [0, 0.05) is 14.7 Å². The lowest BCUT2D eigenvalue weighted by Gasteiger charge is -1.99. The Bertz CT molecular complexity index is 572. The summed E-state index contributed by atoms with van der Waals surface area (Å²) in [5.41, 5.74) is 3.83. The first-order chi connectivity index (χ1) is 7.29. The highest BCUT2D eigenvalue weighted by molar-refractivity contribution is 14.1. The molecule has 2 aromatic carbocycles. The first-order valence-corrected chi connectivity index (χ1v) is 5.79. The molecule has 0 atom stereocenters. The van der Waals surface area contributed by atoms with Crippen LogP contribution < -0.4 is 0 Å². The van der Waals surface area contributed by atoms with E-state index >= 15 is 0 Å². The second kappa shape index (κ2) is 3.17. The van der Waals surface area contributed by atoms with Gasteiger partial charge in [-0.1, -0.05) is 36.4 Å². The summed E-state index contributed by atoms with van der Waals surface area (Å²) in [6.07, 6.45) is 0. The Balaban J connectivity index is 2.43. The van der Waals surface area contributed by atoms with Crippen LogP contribution in [0.1, 0.15) is 15.9 Å². The van der Waals surface area contributed by atoms with Gasteiger partial charge < -0.3 is 0 Å². The van der Waals surface area contributed by atoms with E-state index in [0.29, 0.717) is 0 Å². The molecule has 1 nitrogen and oxygen atoms in total. The van der Waals surface area contributed by atoms with Gasteiger partial charge >= 0.3 is 0 Å². The highest BCUT2D eigenvalue weighted by Crippen LogP contribution is 2.38. The Labute approximate surface area is 101 Å². The summed E-state index contributed by atoms with van der Waals surface area (Å²) in [4.78, 5) is 12.1. The van der Waals surface area contributed by atoms with Crippen molar-refractivity contribution in [1.29, 1.82) is 0 Å². The molecule has 15 heavy (non-hydrogen) atoms. The standard InChI is InChI=1S/C13H7IO/c14-11-7-3-6-9-8-4-1-2-5-10(8)13(15)12(9)11/h1-7H. The quantitative estimate of drug-likeness (QED) is 0.581. The third kappa shape index (κ3) is 1.17. The van der Waals surface area contributed by atoms with Crippen LogP contribution in [0.4, 0.5) is 0 Å². The van der Waals surface area contributed by atoms with Crippen molar-refractivity contribution in [2.24, 2.45) is 0 Å². The maximum absolute atomic E-state index is 12.1. The Morgan fingerprint density at radius 1 is 0.800 bits per heavy atom. The molecule has 0 heterocycles. The number of hydrogen-bond acceptors (Lipinski definition) is 1. The normalized spacial score (nSPS) is 12.5. The predicted molar refractivity (Wildman–Crippen MR) is 68.0 cm³/mol. The summed E-state index contributed by atoms with van der Waals surface area (Å²) < 4.78 is 1.03. The first kappa shape index (κ1) is 9.09. The van der Waals surface area contributed by atoms with Crippen LogP contribution in [0.2, 0.25) is 0 Å². The number of benzene rings is 2. The van der Waals surface area contributed by atoms with Gasteiger partial charge in [0.05, 0.1) is 0 Å². The lowest BCUT2D eigenvalue weighted by Crippen LogP contribution is -1.97. The van der Waals surface area contributed by atoms with Crippen LogP contribution in [0.5, 0.6) is 0 Å². The molecule has 1 aliphatic rings. The number of halogens is 1. The van der Waals surface area contributed by atoms with E-state index in [0.717, 1.165) is 25.8 Å². The minimum Gasteiger partial charge on any atom is -0.289 e. The lowest BCUT2D eigenvalue weighted by atomic mass is 10.1. The summed E-state index contributed by atoms with van der Waals surface area (Å²) >= 11 is 2.22. The van der Waals surface area contributed by atoms with E-state index in [1.807, 2.05) is 42.5 Å². The fourth-order valence-electron chi connectivity index (χ4n) is 2.03. The molecule has 0 aromatic heterocycles. The van der Waals surface area contributed by atoms with E-state index in [-0.39, 0.29) is 5.78 Å². The molecule has 0 amide bonds. The predicted octanol–water partition coefficient (Wildman–Crippen LogP) is 3.50. The molecule has 2 aromatic rings. The summed E-state index contributed by atoms with van der Waals surface area (Å²) in [5, 5.41) is 0. The van der Waals surface area contributed by atoms with Crippen molar-refractivity contribution in [1.82, 2.24) is 0 Å². The highest BCUT2D eigenvalue weighted by Gasteiger charge is 2.27. The molecular formula is C13H7IO. The molecule has 0 spiro atoms. The van der Waals surface area contributed by atoms with Crippen molar-refractivity contribution < 1.29 is 4.79 Å². The number of rotatable bonds is 0. The van der Waals surface area contributed by atoms with Gasteiger partial charge in [-0.3, -0.25) is 4.79 Å². The molecule has 1 aliphatic carbocycles. The van der Waals surface area contributed by atoms with E-state index in [9.17, 15) is 4.79 Å². The molecule has 0 saturated heterocycles. The zero-order valence-corrected chi connectivity index (χ0v) is 9.99. The minimum absolute atomic E-state index is 0.158. The van der Waals surface area contributed by atoms with E-state index < -0.39 is 0 Å². The van der Waals surface area contributed by atoms with Crippen molar-refractivity contribution in [2.45, 2.75) is 0 Å². The largest absolute Gasteiger partial charge is 0.289 e. The average Bonchev–Trinajstić information content (AvgIpc) is 2.55. The topological polar surface area (TPSA) is 17.1 Å². The second-order valence-corrected chi connectivity index (χ2v) is 4.70. The summed E-state index contributed by atoms with van der Waals surface area (Å²) in [5.74, 6) is 0.158. The van der Waals surface area contributed by atoms with Crippen LogP contribution in [0, 0.1) is 3.57 Å². The number of fused-ring (bicyclic) bond motifs is 3. The smallest absolute Gasteiger partial charge is 0.195 e. The maximum atomic E-state index is 12.1.